The molecule has 1 aromatic carbocycles. The van der Waals surface area contributed by atoms with Crippen molar-refractivity contribution in [1.82, 2.24) is 9.88 Å². The molecule has 0 spiro atoms. The van der Waals surface area contributed by atoms with Crippen LogP contribution < -0.4 is 5.32 Å². The number of nitro groups is 1. The summed E-state index contributed by atoms with van der Waals surface area (Å²) in [6, 6.07) is 4.53. The van der Waals surface area contributed by atoms with Crippen LogP contribution in [-0.4, -0.2) is 45.6 Å². The van der Waals surface area contributed by atoms with Gasteiger partial charge < -0.3 is 19.4 Å². The van der Waals surface area contributed by atoms with E-state index in [0.717, 1.165) is 19.3 Å². The van der Waals surface area contributed by atoms with Gasteiger partial charge in [0, 0.05) is 25.2 Å². The third-order valence-electron chi connectivity index (χ3n) is 4.33. The van der Waals surface area contributed by atoms with Crippen molar-refractivity contribution < 1.29 is 18.9 Å². The van der Waals surface area contributed by atoms with Crippen molar-refractivity contribution in [2.45, 2.75) is 51.7 Å². The summed E-state index contributed by atoms with van der Waals surface area (Å²) in [5.74, 6) is 0. The Balaban J connectivity index is 1.67. The van der Waals surface area contributed by atoms with Crippen LogP contribution in [0.3, 0.4) is 0 Å². The van der Waals surface area contributed by atoms with E-state index in [1.807, 2.05) is 20.8 Å². The van der Waals surface area contributed by atoms with Gasteiger partial charge >= 0.3 is 6.09 Å². The molecule has 1 aromatic heterocycles. The number of carbonyl (C=O) groups is 1. The fourth-order valence-corrected chi connectivity index (χ4v) is 3.08. The minimum Gasteiger partial charge on any atom is -0.444 e. The number of nitrogens with zero attached hydrogens (tertiary/aromatic N) is 3. The molecule has 1 atom stereocenters. The Morgan fingerprint density at radius 1 is 1.44 bits per heavy atom. The Labute approximate surface area is 156 Å². The van der Waals surface area contributed by atoms with Crippen molar-refractivity contribution in [3.8, 4) is 0 Å². The number of hydrogen-bond donors (Lipinski definition) is 1. The number of anilines is 1. The van der Waals surface area contributed by atoms with Gasteiger partial charge in [-0.2, -0.15) is 4.98 Å². The van der Waals surface area contributed by atoms with Crippen molar-refractivity contribution in [3.05, 3.63) is 28.3 Å². The van der Waals surface area contributed by atoms with E-state index in [4.69, 9.17) is 9.15 Å². The van der Waals surface area contributed by atoms with Gasteiger partial charge in [0.25, 0.3) is 11.7 Å². The number of ether oxygens (including phenoxy) is 1. The van der Waals surface area contributed by atoms with Gasteiger partial charge in [0.1, 0.15) is 11.1 Å². The molecule has 1 amide bonds. The maximum atomic E-state index is 12.5. The minimum absolute atomic E-state index is 0.0297. The first-order chi connectivity index (χ1) is 12.7. The van der Waals surface area contributed by atoms with Crippen LogP contribution in [0, 0.1) is 10.1 Å². The average molecular weight is 376 g/mol. The molecule has 0 aliphatic carbocycles. The number of oxazole rings is 1. The van der Waals surface area contributed by atoms with Gasteiger partial charge in [-0.25, -0.2) is 4.79 Å². The summed E-state index contributed by atoms with van der Waals surface area (Å²) in [5, 5.41) is 14.0. The molecule has 0 bridgehead atoms. The van der Waals surface area contributed by atoms with Gasteiger partial charge in [0.2, 0.25) is 0 Å². The quantitative estimate of drug-likeness (QED) is 0.635. The molecule has 0 radical (unpaired) electrons. The van der Waals surface area contributed by atoms with Crippen LogP contribution in [-0.2, 0) is 4.74 Å². The number of rotatable bonds is 4. The molecule has 1 N–H and O–H groups in total. The predicted molar refractivity (Wildman–Crippen MR) is 99.7 cm³/mol. The molecular weight excluding hydrogens is 352 g/mol. The lowest BCUT2D eigenvalue weighted by atomic mass is 10.0. The van der Waals surface area contributed by atoms with Crippen molar-refractivity contribution >= 4 is 28.9 Å². The van der Waals surface area contributed by atoms with Crippen molar-refractivity contribution in [1.29, 1.82) is 0 Å². The number of fused-ring (bicyclic) bond motifs is 1. The van der Waals surface area contributed by atoms with Crippen LogP contribution in [0.1, 0.15) is 40.0 Å². The Bertz CT molecular complexity index is 842. The normalized spacial score (nSPS) is 17.7. The molecule has 3 rings (SSSR count). The van der Waals surface area contributed by atoms with Gasteiger partial charge in [0.15, 0.2) is 5.58 Å². The summed E-state index contributed by atoms with van der Waals surface area (Å²) in [6.45, 7) is 6.66. The minimum atomic E-state index is -0.540. The van der Waals surface area contributed by atoms with Crippen LogP contribution in [0.25, 0.3) is 11.1 Å². The van der Waals surface area contributed by atoms with Crippen LogP contribution in [0.15, 0.2) is 22.6 Å². The lowest BCUT2D eigenvalue weighted by molar-refractivity contribution is -0.384. The predicted octanol–water partition coefficient (Wildman–Crippen LogP) is 3.94. The van der Waals surface area contributed by atoms with E-state index in [1.165, 1.54) is 18.2 Å². The number of carbonyl (C=O) groups excluding carboxylic acids is 1. The zero-order chi connectivity index (χ0) is 19.6. The van der Waals surface area contributed by atoms with Gasteiger partial charge in [-0.1, -0.05) is 0 Å². The van der Waals surface area contributed by atoms with Crippen LogP contribution >= 0.6 is 0 Å². The van der Waals surface area contributed by atoms with Crippen molar-refractivity contribution in [2.24, 2.45) is 0 Å². The summed E-state index contributed by atoms with van der Waals surface area (Å²) >= 11 is 0. The molecule has 146 valence electrons. The molecule has 1 saturated heterocycles. The molecule has 1 fully saturated rings. The van der Waals surface area contributed by atoms with Gasteiger partial charge in [-0.05, 0) is 46.1 Å². The SMILES string of the molecule is CC(C)(C)OC(=O)N1CCCC[C@@H]1CNc1nc2cc([N+](=O)[O-])ccc2o1. The highest BCUT2D eigenvalue weighted by molar-refractivity contribution is 5.77. The average Bonchev–Trinajstić information content (AvgIpc) is 3.00. The molecule has 1 aliphatic rings. The van der Waals surface area contributed by atoms with E-state index in [0.29, 0.717) is 24.2 Å². The maximum Gasteiger partial charge on any atom is 0.410 e. The zero-order valence-electron chi connectivity index (χ0n) is 15.7. The fourth-order valence-electron chi connectivity index (χ4n) is 3.08. The lowest BCUT2D eigenvalue weighted by Crippen LogP contribution is -2.48. The molecule has 2 aromatic rings. The number of likely N-dealkylation sites (tertiary alicyclic amines) is 1. The Morgan fingerprint density at radius 3 is 2.93 bits per heavy atom. The summed E-state index contributed by atoms with van der Waals surface area (Å²) in [7, 11) is 0. The molecule has 9 nitrogen and oxygen atoms in total. The Kier molecular flexibility index (Phi) is 5.20. The molecule has 27 heavy (non-hydrogen) atoms. The van der Waals surface area contributed by atoms with E-state index in [9.17, 15) is 14.9 Å². The van der Waals surface area contributed by atoms with Crippen LogP contribution in [0.5, 0.6) is 0 Å². The van der Waals surface area contributed by atoms with E-state index in [2.05, 4.69) is 10.3 Å². The van der Waals surface area contributed by atoms with Crippen LogP contribution in [0.2, 0.25) is 0 Å². The summed E-state index contributed by atoms with van der Waals surface area (Å²) in [6.07, 6.45) is 2.52. The molecule has 0 saturated carbocycles. The maximum absolute atomic E-state index is 12.5. The highest BCUT2D eigenvalue weighted by Gasteiger charge is 2.30. The van der Waals surface area contributed by atoms with E-state index < -0.39 is 10.5 Å². The third kappa shape index (κ3) is 4.66. The smallest absolute Gasteiger partial charge is 0.410 e. The highest BCUT2D eigenvalue weighted by Crippen LogP contribution is 2.25. The van der Waals surface area contributed by atoms with E-state index >= 15 is 0 Å². The fraction of sp³-hybridized carbons (Fsp3) is 0.556. The number of nitro benzene ring substituents is 1. The second-order valence-corrected chi connectivity index (χ2v) is 7.63. The first-order valence-corrected chi connectivity index (χ1v) is 9.01. The topological polar surface area (TPSA) is 111 Å². The number of piperidine rings is 1. The van der Waals surface area contributed by atoms with Gasteiger partial charge in [0.05, 0.1) is 11.0 Å². The summed E-state index contributed by atoms with van der Waals surface area (Å²) in [4.78, 5) is 28.8. The van der Waals surface area contributed by atoms with E-state index in [1.54, 1.807) is 4.90 Å². The van der Waals surface area contributed by atoms with Crippen molar-refractivity contribution in [2.75, 3.05) is 18.4 Å². The molecule has 9 heteroatoms. The second-order valence-electron chi connectivity index (χ2n) is 7.63. The number of amides is 1. The summed E-state index contributed by atoms with van der Waals surface area (Å²) in [5.41, 5.74) is 0.308. The van der Waals surface area contributed by atoms with Gasteiger partial charge in [-0.15, -0.1) is 0 Å². The number of aromatic nitrogens is 1. The van der Waals surface area contributed by atoms with E-state index in [-0.39, 0.29) is 23.8 Å². The van der Waals surface area contributed by atoms with Gasteiger partial charge in [-0.3, -0.25) is 10.1 Å². The molecular formula is C18H24N4O5. The third-order valence-corrected chi connectivity index (χ3v) is 4.33. The standard InChI is InChI=1S/C18H24N4O5/c1-18(2,3)27-17(23)21-9-5-4-6-13(21)11-19-16-20-14-10-12(22(24)25)7-8-15(14)26-16/h7-8,10,13H,4-6,9,11H2,1-3H3,(H,19,20)/t13-/m1/s1. The Morgan fingerprint density at radius 2 is 2.22 bits per heavy atom. The molecule has 0 unspecified atom stereocenters. The number of hydrogen-bond acceptors (Lipinski definition) is 7. The second kappa shape index (κ2) is 7.42. The first kappa shape index (κ1) is 18.9. The molecule has 1 aliphatic heterocycles. The first-order valence-electron chi connectivity index (χ1n) is 9.01. The lowest BCUT2D eigenvalue weighted by Gasteiger charge is -2.36. The molecule has 2 heterocycles. The Hall–Kier alpha value is -2.84. The number of nitrogens with one attached hydrogen (secondary N) is 1. The largest absolute Gasteiger partial charge is 0.444 e. The number of non-ortho nitro benzene ring substituents is 1. The monoisotopic (exact) mass is 376 g/mol. The van der Waals surface area contributed by atoms with Crippen molar-refractivity contribution in [3.63, 3.8) is 0 Å². The number of benzene rings is 1. The summed E-state index contributed by atoms with van der Waals surface area (Å²) < 4.78 is 11.1. The van der Waals surface area contributed by atoms with Crippen LogP contribution in [0.4, 0.5) is 16.5 Å². The zero-order valence-corrected chi connectivity index (χ0v) is 15.7. The highest BCUT2D eigenvalue weighted by atomic mass is 16.6.